The molecule has 0 aliphatic carbocycles. The fraction of sp³-hybridized carbons (Fsp3) is 0.400. The number of hydroxylamine groups is 1. The molecule has 1 aromatic rings. The van der Waals surface area contributed by atoms with Gasteiger partial charge in [-0.15, -0.1) is 4.48 Å². The largest absolute Gasteiger partial charge is 0.430 e. The van der Waals surface area contributed by atoms with Crippen molar-refractivity contribution in [2.75, 3.05) is 5.45 Å². The summed E-state index contributed by atoms with van der Waals surface area (Å²) in [6, 6.07) is 8.01. The maximum absolute atomic E-state index is 13.5. The minimum absolute atomic E-state index is 0.169. The Balaban J connectivity index is 2.31. The number of hydrogen-bond donors (Lipinski definition) is 0. The number of halogens is 5. The van der Waals surface area contributed by atoms with E-state index in [0.29, 0.717) is 5.56 Å². The molecule has 0 spiro atoms. The lowest BCUT2D eigenvalue weighted by Crippen LogP contribution is -2.42. The van der Waals surface area contributed by atoms with Crippen molar-refractivity contribution in [3.8, 4) is 0 Å². The summed E-state index contributed by atoms with van der Waals surface area (Å²) in [5, 5.41) is -0.269. The summed E-state index contributed by atoms with van der Waals surface area (Å²) >= 11 is 2.93. The smallest absolute Gasteiger partial charge is 0.239 e. The molecular weight excluding hydrogens is 320 g/mol. The maximum Gasteiger partial charge on any atom is 0.430 e. The molecule has 2 unspecified atom stereocenters. The molecule has 2 atom stereocenters. The second-order valence-electron chi connectivity index (χ2n) is 3.69. The third-order valence-corrected chi connectivity index (χ3v) is 3.10. The summed E-state index contributed by atoms with van der Waals surface area (Å²) in [6.07, 6.45) is -8.19. The molecule has 18 heavy (non-hydrogen) atoms. The van der Waals surface area contributed by atoms with Crippen molar-refractivity contribution in [2.45, 2.75) is 18.6 Å². The van der Waals surface area contributed by atoms with E-state index in [1.807, 2.05) is 0 Å². The van der Waals surface area contributed by atoms with E-state index in [4.69, 9.17) is 0 Å². The summed E-state index contributed by atoms with van der Waals surface area (Å²) in [6.45, 7) is 0. The predicted octanol–water partition coefficient (Wildman–Crippen LogP) is 3.36. The number of alkyl halides is 4. The van der Waals surface area contributed by atoms with E-state index >= 15 is 0 Å². The van der Waals surface area contributed by atoms with E-state index in [-0.39, 0.29) is 10.7 Å². The van der Waals surface area contributed by atoms with Crippen LogP contribution in [0.4, 0.5) is 17.7 Å². The van der Waals surface area contributed by atoms with E-state index in [0.717, 1.165) is 4.90 Å². The van der Waals surface area contributed by atoms with E-state index in [1.54, 1.807) is 18.2 Å². The standard InChI is InChI=1S/C10H9BrF4N2O/c11-6-16-8(7-4-2-1-3-5-7)17(15)18-9(16)10(12,13)14/h1-5,8-9H,6H2. The average Bonchev–Trinajstić information content (AvgIpc) is 2.67. The monoisotopic (exact) mass is 328 g/mol. The van der Waals surface area contributed by atoms with Crippen LogP contribution in [0.3, 0.4) is 0 Å². The molecule has 0 radical (unpaired) electrons. The molecule has 1 aromatic carbocycles. The van der Waals surface area contributed by atoms with E-state index in [2.05, 4.69) is 20.8 Å². The van der Waals surface area contributed by atoms with Gasteiger partial charge in [0.05, 0.1) is 5.45 Å². The van der Waals surface area contributed by atoms with Crippen LogP contribution in [-0.4, -0.2) is 28.0 Å². The fourth-order valence-corrected chi connectivity index (χ4v) is 2.31. The lowest BCUT2D eigenvalue weighted by molar-refractivity contribution is -0.334. The van der Waals surface area contributed by atoms with Crippen LogP contribution in [0.25, 0.3) is 0 Å². The Labute approximate surface area is 109 Å². The minimum Gasteiger partial charge on any atom is -0.239 e. The Morgan fingerprint density at radius 3 is 2.33 bits per heavy atom. The molecule has 1 fully saturated rings. The van der Waals surface area contributed by atoms with E-state index < -0.39 is 18.6 Å². The minimum atomic E-state index is -4.67. The first-order valence-electron chi connectivity index (χ1n) is 5.00. The van der Waals surface area contributed by atoms with Gasteiger partial charge in [0.25, 0.3) is 0 Å². The average molecular weight is 329 g/mol. The first-order valence-corrected chi connectivity index (χ1v) is 6.12. The highest BCUT2D eigenvalue weighted by Gasteiger charge is 2.55. The van der Waals surface area contributed by atoms with Crippen LogP contribution in [0.2, 0.25) is 0 Å². The Bertz CT molecular complexity index is 403. The molecule has 0 amide bonds. The highest BCUT2D eigenvalue weighted by Crippen LogP contribution is 2.41. The van der Waals surface area contributed by atoms with Gasteiger partial charge in [0.1, 0.15) is 6.17 Å². The molecule has 1 aliphatic heterocycles. The first-order chi connectivity index (χ1) is 8.45. The van der Waals surface area contributed by atoms with E-state index in [9.17, 15) is 17.7 Å². The zero-order chi connectivity index (χ0) is 13.3. The molecular formula is C10H9BrF4N2O. The molecule has 2 rings (SSSR count). The summed E-state index contributed by atoms with van der Waals surface area (Å²) < 4.78 is 51.6. The summed E-state index contributed by atoms with van der Waals surface area (Å²) in [4.78, 5) is 5.06. The van der Waals surface area contributed by atoms with Crippen LogP contribution < -0.4 is 0 Å². The molecule has 3 nitrogen and oxygen atoms in total. The molecule has 0 saturated carbocycles. The molecule has 0 aromatic heterocycles. The maximum atomic E-state index is 13.5. The van der Waals surface area contributed by atoms with Gasteiger partial charge in [-0.05, 0) is 5.56 Å². The van der Waals surface area contributed by atoms with Crippen LogP contribution >= 0.6 is 15.9 Å². The SMILES string of the molecule is FN1OC(C(F)(F)F)N(CBr)C1c1ccccc1. The molecule has 8 heteroatoms. The Hall–Kier alpha value is -0.700. The zero-order valence-corrected chi connectivity index (χ0v) is 10.5. The van der Waals surface area contributed by atoms with Crippen molar-refractivity contribution in [2.24, 2.45) is 0 Å². The van der Waals surface area contributed by atoms with Gasteiger partial charge in [0, 0.05) is 5.29 Å². The highest BCUT2D eigenvalue weighted by molar-refractivity contribution is 9.09. The van der Waals surface area contributed by atoms with Crippen LogP contribution in [0.5, 0.6) is 0 Å². The van der Waals surface area contributed by atoms with Crippen molar-refractivity contribution >= 4 is 15.9 Å². The van der Waals surface area contributed by atoms with Crippen molar-refractivity contribution in [1.29, 1.82) is 0 Å². The van der Waals surface area contributed by atoms with Crippen molar-refractivity contribution in [3.05, 3.63) is 35.9 Å². The summed E-state index contributed by atoms with van der Waals surface area (Å²) in [5.41, 5.74) is 0.211. The van der Waals surface area contributed by atoms with Crippen molar-refractivity contribution < 1.29 is 22.5 Å². The van der Waals surface area contributed by atoms with Crippen LogP contribution in [-0.2, 0) is 4.84 Å². The molecule has 1 heterocycles. The van der Waals surface area contributed by atoms with Gasteiger partial charge in [0.15, 0.2) is 0 Å². The third-order valence-electron chi connectivity index (χ3n) is 2.52. The highest BCUT2D eigenvalue weighted by atomic mass is 79.9. The number of nitrogens with zero attached hydrogens (tertiary/aromatic N) is 2. The van der Waals surface area contributed by atoms with Crippen LogP contribution in [0.15, 0.2) is 30.3 Å². The molecule has 100 valence electrons. The summed E-state index contributed by atoms with van der Waals surface area (Å²) in [5.74, 6) is 0. The quantitative estimate of drug-likeness (QED) is 0.358. The van der Waals surface area contributed by atoms with Gasteiger partial charge in [-0.25, -0.2) is 9.74 Å². The van der Waals surface area contributed by atoms with E-state index in [1.165, 1.54) is 12.1 Å². The predicted molar refractivity (Wildman–Crippen MR) is 58.7 cm³/mol. The third kappa shape index (κ3) is 2.51. The topological polar surface area (TPSA) is 15.7 Å². The van der Waals surface area contributed by atoms with Crippen molar-refractivity contribution in [3.63, 3.8) is 0 Å². The van der Waals surface area contributed by atoms with Gasteiger partial charge >= 0.3 is 6.18 Å². The molecule has 0 N–H and O–H groups in total. The Kier molecular flexibility index (Phi) is 3.90. The lowest BCUT2D eigenvalue weighted by atomic mass is 10.1. The first kappa shape index (κ1) is 13.7. The second kappa shape index (κ2) is 5.12. The molecule has 1 saturated heterocycles. The van der Waals surface area contributed by atoms with Crippen molar-refractivity contribution in [1.82, 2.24) is 10.2 Å². The molecule has 1 aliphatic rings. The number of hydrogen-bond acceptors (Lipinski definition) is 3. The Morgan fingerprint density at radius 2 is 1.83 bits per heavy atom. The normalized spacial score (nSPS) is 26.7. The van der Waals surface area contributed by atoms with Gasteiger partial charge in [-0.2, -0.15) is 13.2 Å². The number of rotatable bonds is 2. The fourth-order valence-electron chi connectivity index (χ4n) is 1.77. The second-order valence-corrected chi connectivity index (χ2v) is 4.19. The van der Waals surface area contributed by atoms with Gasteiger partial charge in [-0.3, -0.25) is 0 Å². The van der Waals surface area contributed by atoms with Crippen LogP contribution in [0.1, 0.15) is 11.7 Å². The molecule has 0 bridgehead atoms. The van der Waals surface area contributed by atoms with Gasteiger partial charge in [-0.1, -0.05) is 46.3 Å². The van der Waals surface area contributed by atoms with Gasteiger partial charge in [0.2, 0.25) is 6.23 Å². The summed E-state index contributed by atoms with van der Waals surface area (Å²) in [7, 11) is 0. The van der Waals surface area contributed by atoms with Crippen LogP contribution in [0, 0.1) is 0 Å². The zero-order valence-electron chi connectivity index (χ0n) is 8.94. The Morgan fingerprint density at radius 1 is 1.22 bits per heavy atom. The number of benzene rings is 1. The lowest BCUT2D eigenvalue weighted by Gasteiger charge is -2.25. The van der Waals surface area contributed by atoms with Gasteiger partial charge < -0.3 is 0 Å².